The van der Waals surface area contributed by atoms with Crippen molar-refractivity contribution in [1.29, 1.82) is 0 Å². The highest BCUT2D eigenvalue weighted by molar-refractivity contribution is 4.97. The van der Waals surface area contributed by atoms with Crippen molar-refractivity contribution in [3.63, 3.8) is 0 Å². The molecule has 0 saturated heterocycles. The zero-order chi connectivity index (χ0) is 9.90. The highest BCUT2D eigenvalue weighted by Gasteiger charge is 2.43. The van der Waals surface area contributed by atoms with Gasteiger partial charge in [-0.15, -0.1) is 0 Å². The molecule has 0 spiro atoms. The predicted octanol–water partition coefficient (Wildman–Crippen LogP) is 0.428. The molecule has 3 heteroatoms. The summed E-state index contributed by atoms with van der Waals surface area (Å²) in [5, 5.41) is 10.2. The third-order valence-electron chi connectivity index (χ3n) is 2.84. The Kier molecular flexibility index (Phi) is 3.71. The Bertz CT molecular complexity index is 159. The summed E-state index contributed by atoms with van der Waals surface area (Å²) in [6.07, 6.45) is 3.42. The molecule has 1 saturated carbocycles. The zero-order valence-electron chi connectivity index (χ0n) is 8.79. The molecule has 1 rings (SSSR count). The summed E-state index contributed by atoms with van der Waals surface area (Å²) >= 11 is 0. The number of nitrogens with two attached hydrogens (primary N) is 1. The summed E-state index contributed by atoms with van der Waals surface area (Å²) in [6, 6.07) is 0. The summed E-state index contributed by atoms with van der Waals surface area (Å²) in [5.41, 5.74) is 4.99. The van der Waals surface area contributed by atoms with Crippen molar-refractivity contribution in [3.8, 4) is 0 Å². The molecule has 0 radical (unpaired) electrons. The Morgan fingerprint density at radius 2 is 2.15 bits per heavy atom. The molecule has 0 amide bonds. The van der Waals surface area contributed by atoms with Crippen LogP contribution in [-0.2, 0) is 0 Å². The van der Waals surface area contributed by atoms with Gasteiger partial charge in [-0.3, -0.25) is 0 Å². The van der Waals surface area contributed by atoms with Crippen molar-refractivity contribution in [3.05, 3.63) is 0 Å². The van der Waals surface area contributed by atoms with Crippen LogP contribution in [0.4, 0.5) is 0 Å². The molecule has 1 fully saturated rings. The average Bonchev–Trinajstić information content (AvgIpc) is 2.86. The van der Waals surface area contributed by atoms with Crippen LogP contribution in [-0.4, -0.2) is 42.3 Å². The lowest BCUT2D eigenvalue weighted by Gasteiger charge is -2.31. The van der Waals surface area contributed by atoms with Gasteiger partial charge in [0.1, 0.15) is 0 Å². The molecule has 0 aromatic rings. The summed E-state index contributed by atoms with van der Waals surface area (Å²) in [6.45, 7) is 4.30. The number of hydrogen-bond acceptors (Lipinski definition) is 3. The van der Waals surface area contributed by atoms with Crippen molar-refractivity contribution in [1.82, 2.24) is 4.90 Å². The minimum Gasteiger partial charge on any atom is -0.387 e. The molecule has 0 aliphatic heterocycles. The Labute approximate surface area is 80.9 Å². The first-order chi connectivity index (χ1) is 6.12. The van der Waals surface area contributed by atoms with Crippen LogP contribution in [0, 0.1) is 5.92 Å². The van der Waals surface area contributed by atoms with Crippen LogP contribution in [0.1, 0.15) is 26.2 Å². The molecule has 3 N–H and O–H groups in total. The molecule has 0 heterocycles. The topological polar surface area (TPSA) is 49.5 Å². The summed E-state index contributed by atoms with van der Waals surface area (Å²) < 4.78 is 0. The smallest absolute Gasteiger partial charge is 0.0923 e. The quantitative estimate of drug-likeness (QED) is 0.632. The van der Waals surface area contributed by atoms with Crippen molar-refractivity contribution in [2.24, 2.45) is 11.7 Å². The van der Waals surface area contributed by atoms with E-state index in [0.717, 1.165) is 32.4 Å². The van der Waals surface area contributed by atoms with Gasteiger partial charge in [-0.2, -0.15) is 0 Å². The van der Waals surface area contributed by atoms with Gasteiger partial charge in [0.05, 0.1) is 5.60 Å². The molecule has 1 unspecified atom stereocenters. The predicted molar refractivity (Wildman–Crippen MR) is 54.5 cm³/mol. The van der Waals surface area contributed by atoms with Crippen LogP contribution < -0.4 is 5.73 Å². The van der Waals surface area contributed by atoms with Gasteiger partial charge in [0, 0.05) is 13.1 Å². The van der Waals surface area contributed by atoms with Gasteiger partial charge in [-0.1, -0.05) is 6.92 Å². The van der Waals surface area contributed by atoms with E-state index in [0.29, 0.717) is 12.5 Å². The van der Waals surface area contributed by atoms with Crippen LogP contribution in [0.25, 0.3) is 0 Å². The zero-order valence-corrected chi connectivity index (χ0v) is 8.79. The fourth-order valence-corrected chi connectivity index (χ4v) is 1.91. The van der Waals surface area contributed by atoms with Crippen LogP contribution >= 0.6 is 0 Å². The number of likely N-dealkylation sites (N-methyl/N-ethyl adjacent to an activating group) is 1. The van der Waals surface area contributed by atoms with Crippen LogP contribution in [0.5, 0.6) is 0 Å². The standard InChI is InChI=1S/C10H22N2O/c1-3-6-12(2)8-10(13,7-11)9-4-5-9/h9,13H,3-8,11H2,1-2H3. The van der Waals surface area contributed by atoms with Gasteiger partial charge in [-0.25, -0.2) is 0 Å². The fraction of sp³-hybridized carbons (Fsp3) is 1.00. The molecule has 0 aromatic carbocycles. The minimum absolute atomic E-state index is 0.395. The SMILES string of the molecule is CCCN(C)CC(O)(CN)C1CC1. The Morgan fingerprint density at radius 3 is 2.54 bits per heavy atom. The number of rotatable bonds is 6. The molecule has 1 aliphatic rings. The summed E-state index contributed by atoms with van der Waals surface area (Å²) in [5.74, 6) is 0.455. The molecular weight excluding hydrogens is 164 g/mol. The summed E-state index contributed by atoms with van der Waals surface area (Å²) in [7, 11) is 2.05. The highest BCUT2D eigenvalue weighted by Crippen LogP contribution is 2.39. The van der Waals surface area contributed by atoms with Crippen molar-refractivity contribution < 1.29 is 5.11 Å². The maximum absolute atomic E-state index is 10.2. The molecule has 3 nitrogen and oxygen atoms in total. The van der Waals surface area contributed by atoms with Crippen LogP contribution in [0.15, 0.2) is 0 Å². The van der Waals surface area contributed by atoms with Crippen LogP contribution in [0.3, 0.4) is 0 Å². The van der Waals surface area contributed by atoms with E-state index < -0.39 is 5.60 Å². The Morgan fingerprint density at radius 1 is 1.54 bits per heavy atom. The van der Waals surface area contributed by atoms with Crippen molar-refractivity contribution >= 4 is 0 Å². The van der Waals surface area contributed by atoms with Gasteiger partial charge in [0.15, 0.2) is 0 Å². The number of nitrogens with zero attached hydrogens (tertiary/aromatic N) is 1. The molecule has 0 bridgehead atoms. The highest BCUT2D eigenvalue weighted by atomic mass is 16.3. The molecule has 1 aliphatic carbocycles. The maximum atomic E-state index is 10.2. The first-order valence-corrected chi connectivity index (χ1v) is 5.23. The van der Waals surface area contributed by atoms with E-state index in [9.17, 15) is 5.11 Å². The lowest BCUT2D eigenvalue weighted by Crippen LogP contribution is -2.49. The van der Waals surface area contributed by atoms with E-state index in [1.165, 1.54) is 0 Å². The molecule has 78 valence electrons. The molecular formula is C10H22N2O. The molecule has 13 heavy (non-hydrogen) atoms. The second-order valence-corrected chi connectivity index (χ2v) is 4.32. The summed E-state index contributed by atoms with van der Waals surface area (Å²) in [4.78, 5) is 2.17. The van der Waals surface area contributed by atoms with E-state index in [1.807, 2.05) is 7.05 Å². The normalized spacial score (nSPS) is 21.9. The Hall–Kier alpha value is -0.120. The van der Waals surface area contributed by atoms with E-state index in [4.69, 9.17) is 5.73 Å². The van der Waals surface area contributed by atoms with Crippen molar-refractivity contribution in [2.45, 2.75) is 31.8 Å². The van der Waals surface area contributed by atoms with Gasteiger partial charge in [0.25, 0.3) is 0 Å². The van der Waals surface area contributed by atoms with Crippen molar-refractivity contribution in [2.75, 3.05) is 26.7 Å². The third kappa shape index (κ3) is 2.93. The van der Waals surface area contributed by atoms with E-state index in [1.54, 1.807) is 0 Å². The van der Waals surface area contributed by atoms with Gasteiger partial charge in [-0.05, 0) is 38.8 Å². The van der Waals surface area contributed by atoms with Crippen LogP contribution in [0.2, 0.25) is 0 Å². The lowest BCUT2D eigenvalue weighted by molar-refractivity contribution is -0.00197. The van der Waals surface area contributed by atoms with Gasteiger partial charge >= 0.3 is 0 Å². The third-order valence-corrected chi connectivity index (χ3v) is 2.84. The monoisotopic (exact) mass is 186 g/mol. The van der Waals surface area contributed by atoms with E-state index in [-0.39, 0.29) is 0 Å². The fourth-order valence-electron chi connectivity index (χ4n) is 1.91. The average molecular weight is 186 g/mol. The van der Waals surface area contributed by atoms with Gasteiger partial charge in [0.2, 0.25) is 0 Å². The number of aliphatic hydroxyl groups is 1. The molecule has 0 aromatic heterocycles. The minimum atomic E-state index is -0.621. The lowest BCUT2D eigenvalue weighted by atomic mass is 9.97. The van der Waals surface area contributed by atoms with Gasteiger partial charge < -0.3 is 15.7 Å². The largest absolute Gasteiger partial charge is 0.387 e. The second kappa shape index (κ2) is 4.40. The van der Waals surface area contributed by atoms with E-state index >= 15 is 0 Å². The first-order valence-electron chi connectivity index (χ1n) is 5.23. The first kappa shape index (κ1) is 11.0. The second-order valence-electron chi connectivity index (χ2n) is 4.32. The Balaban J connectivity index is 2.37. The van der Waals surface area contributed by atoms with E-state index in [2.05, 4.69) is 11.8 Å². The molecule has 1 atom stereocenters. The number of hydrogen-bond donors (Lipinski definition) is 2. The maximum Gasteiger partial charge on any atom is 0.0923 e.